The quantitative estimate of drug-likeness (QED) is 0.626. The van der Waals surface area contributed by atoms with E-state index in [1.807, 2.05) is 13.8 Å². The molecular weight excluding hydrogens is 437 g/mol. The number of rotatable bonds is 5. The van der Waals surface area contributed by atoms with E-state index in [1.165, 1.54) is 16.7 Å². The van der Waals surface area contributed by atoms with Crippen LogP contribution in [0, 0.1) is 11.7 Å². The van der Waals surface area contributed by atoms with Crippen molar-refractivity contribution in [3.05, 3.63) is 68.2 Å². The van der Waals surface area contributed by atoms with Crippen LogP contribution in [-0.2, 0) is 6.54 Å². The average molecular weight is 466 g/mol. The van der Waals surface area contributed by atoms with Gasteiger partial charge in [0.05, 0.1) is 10.9 Å². The van der Waals surface area contributed by atoms with E-state index in [-0.39, 0.29) is 28.9 Å². The highest BCUT2D eigenvalue weighted by Crippen LogP contribution is 2.40. The van der Waals surface area contributed by atoms with Crippen molar-refractivity contribution < 1.29 is 9.18 Å². The van der Waals surface area contributed by atoms with Gasteiger partial charge in [-0.05, 0) is 49.1 Å². The molecule has 0 bridgehead atoms. The van der Waals surface area contributed by atoms with E-state index < -0.39 is 11.2 Å². The molecule has 3 heterocycles. The Morgan fingerprint density at radius 3 is 2.41 bits per heavy atom. The second kappa shape index (κ2) is 8.70. The van der Waals surface area contributed by atoms with Gasteiger partial charge in [0.2, 0.25) is 0 Å². The van der Waals surface area contributed by atoms with Crippen molar-refractivity contribution in [2.75, 3.05) is 31.1 Å². The Morgan fingerprint density at radius 2 is 1.79 bits per heavy atom. The lowest BCUT2D eigenvalue weighted by atomic mass is 10.1. The number of nitrogens with zero attached hydrogens (tertiary/aromatic N) is 4. The van der Waals surface area contributed by atoms with Crippen molar-refractivity contribution in [1.29, 1.82) is 0 Å². The lowest BCUT2D eigenvalue weighted by Crippen LogP contribution is -2.49. The molecule has 0 spiro atoms. The maximum absolute atomic E-state index is 13.7. The molecule has 1 saturated heterocycles. The highest BCUT2D eigenvalue weighted by atomic mass is 19.1. The molecule has 8 nitrogen and oxygen atoms in total. The lowest BCUT2D eigenvalue weighted by molar-refractivity contribution is 0.0748. The predicted octanol–water partition coefficient (Wildman–Crippen LogP) is 2.72. The fourth-order valence-corrected chi connectivity index (χ4v) is 4.57. The summed E-state index contributed by atoms with van der Waals surface area (Å²) in [4.78, 5) is 50.1. The molecule has 1 saturated carbocycles. The van der Waals surface area contributed by atoms with Gasteiger partial charge >= 0.3 is 5.69 Å². The number of benzene rings is 1. The highest BCUT2D eigenvalue weighted by Gasteiger charge is 2.31. The smallest absolute Gasteiger partial charge is 0.330 e. The van der Waals surface area contributed by atoms with Gasteiger partial charge in [0.1, 0.15) is 5.82 Å². The second-order valence-electron chi connectivity index (χ2n) is 9.59. The van der Waals surface area contributed by atoms with Crippen LogP contribution in [0.1, 0.15) is 48.7 Å². The Morgan fingerprint density at radius 1 is 1.12 bits per heavy atom. The molecule has 1 aliphatic heterocycles. The first kappa shape index (κ1) is 22.3. The van der Waals surface area contributed by atoms with Gasteiger partial charge in [-0.15, -0.1) is 0 Å². The van der Waals surface area contributed by atoms with Crippen molar-refractivity contribution in [3.8, 4) is 0 Å². The normalized spacial score (nSPS) is 16.5. The van der Waals surface area contributed by atoms with Crippen molar-refractivity contribution in [2.24, 2.45) is 5.92 Å². The number of piperazine rings is 1. The maximum atomic E-state index is 13.7. The zero-order chi connectivity index (χ0) is 24.0. The van der Waals surface area contributed by atoms with Crippen LogP contribution in [0.5, 0.6) is 0 Å². The first-order valence-electron chi connectivity index (χ1n) is 11.8. The van der Waals surface area contributed by atoms with E-state index in [0.29, 0.717) is 43.9 Å². The molecule has 5 rings (SSSR count). The third-order valence-corrected chi connectivity index (χ3v) is 6.50. The molecule has 0 atom stereocenters. The topological polar surface area (TPSA) is 91.3 Å². The summed E-state index contributed by atoms with van der Waals surface area (Å²) in [5.74, 6) is -0.0897. The fourth-order valence-electron chi connectivity index (χ4n) is 4.57. The SMILES string of the molecule is CC(C)Cn1c(=O)[nH]c(=O)c2c(C(=O)N3CCN(c4ccc(F)cc4)CC3)cc(C3CC3)nc21. The van der Waals surface area contributed by atoms with E-state index in [1.54, 1.807) is 23.1 Å². The summed E-state index contributed by atoms with van der Waals surface area (Å²) >= 11 is 0. The van der Waals surface area contributed by atoms with Crippen LogP contribution in [0.2, 0.25) is 0 Å². The van der Waals surface area contributed by atoms with Gasteiger partial charge < -0.3 is 9.80 Å². The second-order valence-corrected chi connectivity index (χ2v) is 9.59. The molecule has 178 valence electrons. The summed E-state index contributed by atoms with van der Waals surface area (Å²) in [7, 11) is 0. The van der Waals surface area contributed by atoms with Gasteiger partial charge in [-0.25, -0.2) is 14.2 Å². The number of carbonyl (C=O) groups excluding carboxylic acids is 1. The van der Waals surface area contributed by atoms with Crippen LogP contribution >= 0.6 is 0 Å². The van der Waals surface area contributed by atoms with Crippen LogP contribution in [-0.4, -0.2) is 51.5 Å². The van der Waals surface area contributed by atoms with Crippen molar-refractivity contribution in [2.45, 2.75) is 39.2 Å². The molecule has 1 aliphatic carbocycles. The first-order chi connectivity index (χ1) is 16.3. The number of aromatic amines is 1. The molecule has 3 aromatic rings. The minimum atomic E-state index is -0.580. The predicted molar refractivity (Wildman–Crippen MR) is 128 cm³/mol. The van der Waals surface area contributed by atoms with E-state index in [2.05, 4.69) is 9.88 Å². The standard InChI is InChI=1S/C25H28FN5O3/c1-15(2)14-31-22-21(23(32)28-25(31)34)19(13-20(27-22)16-3-4-16)24(33)30-11-9-29(10-12-30)18-7-5-17(26)6-8-18/h5-8,13,15-16H,3-4,9-12,14H2,1-2H3,(H,28,32,34). The number of halogens is 1. The van der Waals surface area contributed by atoms with Gasteiger partial charge in [-0.2, -0.15) is 0 Å². The number of hydrogen-bond acceptors (Lipinski definition) is 5. The zero-order valence-electron chi connectivity index (χ0n) is 19.4. The first-order valence-corrected chi connectivity index (χ1v) is 11.8. The lowest BCUT2D eigenvalue weighted by Gasteiger charge is -2.36. The van der Waals surface area contributed by atoms with Crippen LogP contribution < -0.4 is 16.1 Å². The maximum Gasteiger partial charge on any atom is 0.330 e. The highest BCUT2D eigenvalue weighted by molar-refractivity contribution is 6.05. The number of nitrogens with one attached hydrogen (secondary N) is 1. The minimum absolute atomic E-state index is 0.164. The number of H-pyrrole nitrogens is 1. The Hall–Kier alpha value is -3.49. The number of aromatic nitrogens is 3. The van der Waals surface area contributed by atoms with Gasteiger partial charge in [0.15, 0.2) is 5.65 Å². The van der Waals surface area contributed by atoms with Crippen LogP contribution in [0.3, 0.4) is 0 Å². The molecule has 1 amide bonds. The molecule has 9 heteroatoms. The van der Waals surface area contributed by atoms with Crippen LogP contribution in [0.15, 0.2) is 39.9 Å². The number of amides is 1. The monoisotopic (exact) mass is 465 g/mol. The summed E-state index contributed by atoms with van der Waals surface area (Å²) in [5.41, 5.74) is 1.19. The van der Waals surface area contributed by atoms with Crippen molar-refractivity contribution >= 4 is 22.6 Å². The minimum Gasteiger partial charge on any atom is -0.368 e. The third kappa shape index (κ3) is 4.22. The average Bonchev–Trinajstić information content (AvgIpc) is 3.66. The summed E-state index contributed by atoms with van der Waals surface area (Å²) in [6.07, 6.45) is 1.97. The molecule has 0 radical (unpaired) electrons. The zero-order valence-corrected chi connectivity index (χ0v) is 19.4. The fraction of sp³-hybridized carbons (Fsp3) is 0.440. The van der Waals surface area contributed by atoms with Crippen molar-refractivity contribution in [3.63, 3.8) is 0 Å². The van der Waals surface area contributed by atoms with E-state index in [4.69, 9.17) is 4.98 Å². The Labute approximate surface area is 196 Å². The Kier molecular flexibility index (Phi) is 5.71. The molecule has 1 N–H and O–H groups in total. The van der Waals surface area contributed by atoms with E-state index in [0.717, 1.165) is 24.2 Å². The molecular formula is C25H28FN5O3. The van der Waals surface area contributed by atoms with Crippen LogP contribution in [0.4, 0.5) is 10.1 Å². The molecule has 34 heavy (non-hydrogen) atoms. The molecule has 2 fully saturated rings. The Balaban J connectivity index is 1.50. The summed E-state index contributed by atoms with van der Waals surface area (Å²) in [6.45, 7) is 6.53. The molecule has 1 aromatic carbocycles. The van der Waals surface area contributed by atoms with Crippen molar-refractivity contribution in [1.82, 2.24) is 19.4 Å². The van der Waals surface area contributed by atoms with Gasteiger partial charge in [-0.1, -0.05) is 13.8 Å². The number of anilines is 1. The number of pyridine rings is 1. The van der Waals surface area contributed by atoms with E-state index in [9.17, 15) is 18.8 Å². The Bertz CT molecular complexity index is 1350. The largest absolute Gasteiger partial charge is 0.368 e. The van der Waals surface area contributed by atoms with E-state index >= 15 is 0 Å². The van der Waals surface area contributed by atoms with Gasteiger partial charge in [-0.3, -0.25) is 19.1 Å². The van der Waals surface area contributed by atoms with Crippen LogP contribution in [0.25, 0.3) is 11.0 Å². The summed E-state index contributed by atoms with van der Waals surface area (Å²) in [5, 5.41) is 0.176. The number of fused-ring (bicyclic) bond motifs is 1. The molecule has 0 unspecified atom stereocenters. The summed E-state index contributed by atoms with van der Waals surface area (Å²) in [6, 6.07) is 8.07. The third-order valence-electron chi connectivity index (χ3n) is 6.50. The summed E-state index contributed by atoms with van der Waals surface area (Å²) < 4.78 is 14.7. The molecule has 2 aromatic heterocycles. The van der Waals surface area contributed by atoms with Gasteiger partial charge in [0, 0.05) is 50.0 Å². The number of hydrogen-bond donors (Lipinski definition) is 1. The number of carbonyl (C=O) groups is 1. The van der Waals surface area contributed by atoms with Gasteiger partial charge in [0.25, 0.3) is 11.5 Å². The molecule has 2 aliphatic rings.